The van der Waals surface area contributed by atoms with Crippen LogP contribution in [0.3, 0.4) is 0 Å². The smallest absolute Gasteiger partial charge is 0.0994 e. The lowest BCUT2D eigenvalue weighted by molar-refractivity contribution is 0.478. The normalized spacial score (nSPS) is 13.4. The first-order valence-corrected chi connectivity index (χ1v) is 5.79. The van der Waals surface area contributed by atoms with Gasteiger partial charge in [-0.25, -0.2) is 0 Å². The van der Waals surface area contributed by atoms with Crippen molar-refractivity contribution in [1.29, 1.82) is 0 Å². The Kier molecular flexibility index (Phi) is 4.75. The molecule has 0 saturated carbocycles. The van der Waals surface area contributed by atoms with Gasteiger partial charge >= 0.3 is 0 Å². The fourth-order valence-corrected chi connectivity index (χ4v) is 1.44. The van der Waals surface area contributed by atoms with E-state index in [0.717, 1.165) is 31.5 Å². The van der Waals surface area contributed by atoms with E-state index in [2.05, 4.69) is 31.1 Å². The molecule has 0 spiro atoms. The Morgan fingerprint density at radius 1 is 1.40 bits per heavy atom. The summed E-state index contributed by atoms with van der Waals surface area (Å²) in [7, 11) is 0. The Morgan fingerprint density at radius 2 is 2.13 bits per heavy atom. The Balaban J connectivity index is 2.48. The lowest BCUT2D eigenvalue weighted by Gasteiger charge is -2.05. The first-order chi connectivity index (χ1) is 7.13. The van der Waals surface area contributed by atoms with Crippen molar-refractivity contribution in [2.45, 2.75) is 52.6 Å². The predicted octanol–water partition coefficient (Wildman–Crippen LogP) is 2.12. The number of nitrogens with zero attached hydrogens (tertiary/aromatic N) is 3. The molecule has 0 amide bonds. The third kappa shape index (κ3) is 4.00. The Labute approximate surface area is 91.9 Å². The molecule has 1 rings (SSSR count). The molecule has 2 N–H and O–H groups in total. The molecule has 0 aliphatic carbocycles. The van der Waals surface area contributed by atoms with Crippen LogP contribution in [0.15, 0.2) is 6.20 Å². The zero-order chi connectivity index (χ0) is 11.3. The van der Waals surface area contributed by atoms with Gasteiger partial charge in [0.2, 0.25) is 0 Å². The minimum absolute atomic E-state index is 0.0443. The van der Waals surface area contributed by atoms with Gasteiger partial charge in [-0.05, 0) is 18.8 Å². The average molecular weight is 210 g/mol. The molecule has 0 aliphatic heterocycles. The van der Waals surface area contributed by atoms with E-state index < -0.39 is 0 Å². The van der Waals surface area contributed by atoms with Gasteiger partial charge in [-0.3, -0.25) is 4.68 Å². The summed E-state index contributed by atoms with van der Waals surface area (Å²) in [5, 5.41) is 8.18. The molecule has 0 aliphatic rings. The molecule has 0 saturated heterocycles. The van der Waals surface area contributed by atoms with Gasteiger partial charge in [0.1, 0.15) is 0 Å². The molecular weight excluding hydrogens is 188 g/mol. The molecule has 0 aromatic carbocycles. The lowest BCUT2D eigenvalue weighted by atomic mass is 10.1. The molecule has 0 fully saturated rings. The summed E-state index contributed by atoms with van der Waals surface area (Å²) in [6.45, 7) is 7.48. The molecular formula is C11H22N4. The quantitative estimate of drug-likeness (QED) is 0.782. The molecule has 15 heavy (non-hydrogen) atoms. The maximum absolute atomic E-state index is 5.96. The van der Waals surface area contributed by atoms with Crippen molar-refractivity contribution in [3.63, 3.8) is 0 Å². The van der Waals surface area contributed by atoms with Gasteiger partial charge in [-0.1, -0.05) is 32.4 Å². The van der Waals surface area contributed by atoms with Crippen molar-refractivity contribution in [3.8, 4) is 0 Å². The minimum atomic E-state index is 0.0443. The van der Waals surface area contributed by atoms with E-state index in [0.29, 0.717) is 5.92 Å². The molecule has 86 valence electrons. The van der Waals surface area contributed by atoms with Gasteiger partial charge in [0, 0.05) is 6.54 Å². The molecule has 1 heterocycles. The molecule has 1 aromatic heterocycles. The van der Waals surface area contributed by atoms with Crippen molar-refractivity contribution >= 4 is 0 Å². The van der Waals surface area contributed by atoms with Crippen LogP contribution in [0.1, 0.15) is 51.8 Å². The van der Waals surface area contributed by atoms with Crippen LogP contribution in [0, 0.1) is 5.92 Å². The SMILES string of the molecule is CCCC(N)c1cn(CCC(C)C)nn1. The second-order valence-electron chi connectivity index (χ2n) is 4.48. The number of hydrogen-bond donors (Lipinski definition) is 1. The van der Waals surface area contributed by atoms with Crippen molar-refractivity contribution in [1.82, 2.24) is 15.0 Å². The van der Waals surface area contributed by atoms with Crippen LogP contribution < -0.4 is 5.73 Å². The second-order valence-corrected chi connectivity index (χ2v) is 4.48. The topological polar surface area (TPSA) is 56.7 Å². The predicted molar refractivity (Wildman–Crippen MR) is 61.3 cm³/mol. The number of aromatic nitrogens is 3. The summed E-state index contributed by atoms with van der Waals surface area (Å²) < 4.78 is 1.89. The maximum atomic E-state index is 5.96. The van der Waals surface area contributed by atoms with Gasteiger partial charge in [-0.2, -0.15) is 0 Å². The summed E-state index contributed by atoms with van der Waals surface area (Å²) in [6, 6.07) is 0.0443. The molecule has 1 atom stereocenters. The van der Waals surface area contributed by atoms with Crippen molar-refractivity contribution in [2.24, 2.45) is 11.7 Å². The van der Waals surface area contributed by atoms with E-state index in [1.807, 2.05) is 10.9 Å². The van der Waals surface area contributed by atoms with E-state index in [-0.39, 0.29) is 6.04 Å². The highest BCUT2D eigenvalue weighted by Gasteiger charge is 2.09. The van der Waals surface area contributed by atoms with Crippen LogP contribution in [-0.4, -0.2) is 15.0 Å². The summed E-state index contributed by atoms with van der Waals surface area (Å²) in [5.74, 6) is 0.696. The zero-order valence-corrected chi connectivity index (χ0v) is 9.98. The van der Waals surface area contributed by atoms with Crippen LogP contribution in [-0.2, 0) is 6.54 Å². The number of rotatable bonds is 6. The van der Waals surface area contributed by atoms with Crippen LogP contribution >= 0.6 is 0 Å². The van der Waals surface area contributed by atoms with E-state index in [1.165, 1.54) is 0 Å². The molecule has 4 heteroatoms. The van der Waals surface area contributed by atoms with Crippen LogP contribution in [0.4, 0.5) is 0 Å². The van der Waals surface area contributed by atoms with E-state index >= 15 is 0 Å². The fourth-order valence-electron chi connectivity index (χ4n) is 1.44. The van der Waals surface area contributed by atoms with E-state index in [1.54, 1.807) is 0 Å². The highest BCUT2D eigenvalue weighted by atomic mass is 15.4. The van der Waals surface area contributed by atoms with Gasteiger partial charge in [0.05, 0.1) is 17.9 Å². The lowest BCUT2D eigenvalue weighted by Crippen LogP contribution is -2.10. The number of aryl methyl sites for hydroxylation is 1. The summed E-state index contributed by atoms with van der Waals surface area (Å²) in [6.07, 6.45) is 5.16. The van der Waals surface area contributed by atoms with E-state index in [9.17, 15) is 0 Å². The standard InChI is InChI=1S/C11H22N4/c1-4-5-10(12)11-8-15(14-13-11)7-6-9(2)3/h8-10H,4-7,12H2,1-3H3. The van der Waals surface area contributed by atoms with Crippen molar-refractivity contribution in [2.75, 3.05) is 0 Å². The Morgan fingerprint density at radius 3 is 2.73 bits per heavy atom. The van der Waals surface area contributed by atoms with E-state index in [4.69, 9.17) is 5.73 Å². The first-order valence-electron chi connectivity index (χ1n) is 5.79. The second kappa shape index (κ2) is 5.85. The van der Waals surface area contributed by atoms with Crippen LogP contribution in [0.5, 0.6) is 0 Å². The highest BCUT2D eigenvalue weighted by molar-refractivity contribution is 4.99. The third-order valence-corrected chi connectivity index (χ3v) is 2.47. The first kappa shape index (κ1) is 12.2. The Hall–Kier alpha value is -0.900. The van der Waals surface area contributed by atoms with Crippen molar-refractivity contribution < 1.29 is 0 Å². The van der Waals surface area contributed by atoms with Gasteiger partial charge in [0.25, 0.3) is 0 Å². The number of hydrogen-bond acceptors (Lipinski definition) is 3. The molecule has 0 radical (unpaired) electrons. The summed E-state index contributed by atoms with van der Waals surface area (Å²) in [5.41, 5.74) is 6.88. The third-order valence-electron chi connectivity index (χ3n) is 2.47. The van der Waals surface area contributed by atoms with Crippen molar-refractivity contribution in [3.05, 3.63) is 11.9 Å². The Bertz CT molecular complexity index is 280. The summed E-state index contributed by atoms with van der Waals surface area (Å²) >= 11 is 0. The fraction of sp³-hybridized carbons (Fsp3) is 0.818. The molecule has 1 unspecified atom stereocenters. The minimum Gasteiger partial charge on any atom is -0.323 e. The number of nitrogens with two attached hydrogens (primary N) is 1. The molecule has 4 nitrogen and oxygen atoms in total. The van der Waals surface area contributed by atoms with Gasteiger partial charge in [0.15, 0.2) is 0 Å². The molecule has 0 bridgehead atoms. The average Bonchev–Trinajstić information content (AvgIpc) is 2.63. The summed E-state index contributed by atoms with van der Waals surface area (Å²) in [4.78, 5) is 0. The zero-order valence-electron chi connectivity index (χ0n) is 9.98. The van der Waals surface area contributed by atoms with Gasteiger partial charge in [-0.15, -0.1) is 5.10 Å². The maximum Gasteiger partial charge on any atom is 0.0994 e. The van der Waals surface area contributed by atoms with Gasteiger partial charge < -0.3 is 5.73 Å². The van der Waals surface area contributed by atoms with Crippen LogP contribution in [0.2, 0.25) is 0 Å². The molecule has 1 aromatic rings. The van der Waals surface area contributed by atoms with Crippen LogP contribution in [0.25, 0.3) is 0 Å². The highest BCUT2D eigenvalue weighted by Crippen LogP contribution is 2.12. The monoisotopic (exact) mass is 210 g/mol. The largest absolute Gasteiger partial charge is 0.323 e.